The summed E-state index contributed by atoms with van der Waals surface area (Å²) in [6, 6.07) is 4.88. The fourth-order valence-electron chi connectivity index (χ4n) is 2.32. The molecule has 122 valence electrons. The molecule has 1 aliphatic rings. The standard InChI is InChI=1S/C17H16F3NO2/c18-17(19,20)14-6-4-12(5-7-14)15(2-1-3-16(22)23)13-8-10-21-11-9-13/h1-8,21H,9-11H2,(H,22,23)/b3-1+,15-2+. The number of aliphatic carboxylic acids is 1. The third-order valence-electron chi connectivity index (χ3n) is 3.43. The van der Waals surface area contributed by atoms with E-state index >= 15 is 0 Å². The normalized spacial score (nSPS) is 16.5. The molecule has 1 aromatic carbocycles. The van der Waals surface area contributed by atoms with Crippen molar-refractivity contribution in [1.82, 2.24) is 5.32 Å². The van der Waals surface area contributed by atoms with E-state index in [9.17, 15) is 18.0 Å². The number of hydrogen-bond donors (Lipinski definition) is 2. The van der Waals surface area contributed by atoms with E-state index in [2.05, 4.69) is 5.32 Å². The van der Waals surface area contributed by atoms with Gasteiger partial charge in [-0.1, -0.05) is 30.4 Å². The highest BCUT2D eigenvalue weighted by molar-refractivity contribution is 5.83. The van der Waals surface area contributed by atoms with E-state index in [4.69, 9.17) is 5.11 Å². The zero-order chi connectivity index (χ0) is 16.9. The average molecular weight is 323 g/mol. The van der Waals surface area contributed by atoms with E-state index < -0.39 is 17.7 Å². The smallest absolute Gasteiger partial charge is 0.416 e. The molecule has 0 radical (unpaired) electrons. The average Bonchev–Trinajstić information content (AvgIpc) is 2.51. The second-order valence-corrected chi connectivity index (χ2v) is 5.04. The van der Waals surface area contributed by atoms with E-state index in [0.29, 0.717) is 12.1 Å². The summed E-state index contributed by atoms with van der Waals surface area (Å²) in [5.74, 6) is -1.08. The molecule has 1 aromatic rings. The predicted molar refractivity (Wildman–Crippen MR) is 81.8 cm³/mol. The molecule has 0 aromatic heterocycles. The summed E-state index contributed by atoms with van der Waals surface area (Å²) in [5, 5.41) is 11.8. The Morgan fingerprint density at radius 2 is 1.91 bits per heavy atom. The lowest BCUT2D eigenvalue weighted by atomic mass is 9.92. The maximum Gasteiger partial charge on any atom is 0.416 e. The summed E-state index contributed by atoms with van der Waals surface area (Å²) in [6.45, 7) is 1.45. The first kappa shape index (κ1) is 17.0. The summed E-state index contributed by atoms with van der Waals surface area (Å²) in [7, 11) is 0. The molecule has 2 N–H and O–H groups in total. The van der Waals surface area contributed by atoms with Crippen molar-refractivity contribution in [3.05, 3.63) is 65.3 Å². The maximum atomic E-state index is 12.7. The van der Waals surface area contributed by atoms with Crippen molar-refractivity contribution in [2.24, 2.45) is 0 Å². The molecular weight excluding hydrogens is 307 g/mol. The van der Waals surface area contributed by atoms with Gasteiger partial charge in [0.1, 0.15) is 0 Å². The van der Waals surface area contributed by atoms with Crippen molar-refractivity contribution in [2.75, 3.05) is 13.1 Å². The first-order valence-corrected chi connectivity index (χ1v) is 7.07. The van der Waals surface area contributed by atoms with Gasteiger partial charge in [0.2, 0.25) is 0 Å². The first-order valence-electron chi connectivity index (χ1n) is 7.07. The van der Waals surface area contributed by atoms with Crippen LogP contribution in [-0.4, -0.2) is 24.2 Å². The van der Waals surface area contributed by atoms with Crippen LogP contribution in [0, 0.1) is 0 Å². The Morgan fingerprint density at radius 3 is 2.43 bits per heavy atom. The molecule has 0 unspecified atom stereocenters. The molecule has 0 bridgehead atoms. The summed E-state index contributed by atoms with van der Waals surface area (Å²) < 4.78 is 38.0. The minimum Gasteiger partial charge on any atom is -0.478 e. The van der Waals surface area contributed by atoms with Crippen molar-refractivity contribution >= 4 is 11.5 Å². The molecule has 2 rings (SSSR count). The summed E-state index contributed by atoms with van der Waals surface area (Å²) in [4.78, 5) is 10.6. The van der Waals surface area contributed by atoms with Gasteiger partial charge in [0.05, 0.1) is 5.56 Å². The molecule has 0 saturated heterocycles. The second kappa shape index (κ2) is 7.28. The number of rotatable bonds is 4. The molecule has 0 spiro atoms. The van der Waals surface area contributed by atoms with E-state index in [0.717, 1.165) is 42.3 Å². The van der Waals surface area contributed by atoms with Gasteiger partial charge in [0.25, 0.3) is 0 Å². The summed E-state index contributed by atoms with van der Waals surface area (Å²) >= 11 is 0. The molecule has 0 saturated carbocycles. The van der Waals surface area contributed by atoms with E-state index in [1.54, 1.807) is 6.08 Å². The van der Waals surface area contributed by atoms with Crippen LogP contribution in [0.5, 0.6) is 0 Å². The topological polar surface area (TPSA) is 49.3 Å². The highest BCUT2D eigenvalue weighted by atomic mass is 19.4. The van der Waals surface area contributed by atoms with Crippen molar-refractivity contribution in [2.45, 2.75) is 12.6 Å². The molecule has 0 fully saturated rings. The van der Waals surface area contributed by atoms with Gasteiger partial charge in [0.15, 0.2) is 0 Å². The zero-order valence-electron chi connectivity index (χ0n) is 12.2. The Kier molecular flexibility index (Phi) is 5.39. The highest BCUT2D eigenvalue weighted by Crippen LogP contribution is 2.32. The molecule has 0 aliphatic carbocycles. The number of allylic oxidation sites excluding steroid dienone is 3. The Labute approximate surface area is 131 Å². The largest absolute Gasteiger partial charge is 0.478 e. The number of halogens is 3. The van der Waals surface area contributed by atoms with E-state index in [1.165, 1.54) is 18.2 Å². The fourth-order valence-corrected chi connectivity index (χ4v) is 2.32. The number of hydrogen-bond acceptors (Lipinski definition) is 2. The van der Waals surface area contributed by atoms with Crippen LogP contribution in [0.2, 0.25) is 0 Å². The Bertz CT molecular complexity index is 655. The van der Waals surface area contributed by atoms with Crippen molar-refractivity contribution in [3.63, 3.8) is 0 Å². The lowest BCUT2D eigenvalue weighted by Gasteiger charge is -2.18. The Balaban J connectivity index is 2.37. The first-order chi connectivity index (χ1) is 10.9. The third kappa shape index (κ3) is 4.82. The summed E-state index contributed by atoms with van der Waals surface area (Å²) in [5.41, 5.74) is 1.64. The Morgan fingerprint density at radius 1 is 1.22 bits per heavy atom. The zero-order valence-corrected chi connectivity index (χ0v) is 12.2. The Hall–Kier alpha value is -2.34. The molecule has 23 heavy (non-hydrogen) atoms. The molecular formula is C17H16F3NO2. The quantitative estimate of drug-likeness (QED) is 0.657. The minimum atomic E-state index is -4.38. The van der Waals surface area contributed by atoms with Crippen LogP contribution in [0.15, 0.2) is 54.1 Å². The fraction of sp³-hybridized carbons (Fsp3) is 0.235. The van der Waals surface area contributed by atoms with Gasteiger partial charge in [-0.3, -0.25) is 0 Å². The van der Waals surface area contributed by atoms with Crippen molar-refractivity contribution in [3.8, 4) is 0 Å². The van der Waals surface area contributed by atoms with E-state index in [-0.39, 0.29) is 0 Å². The van der Waals surface area contributed by atoms with Crippen LogP contribution >= 0.6 is 0 Å². The van der Waals surface area contributed by atoms with Crippen LogP contribution in [-0.2, 0) is 11.0 Å². The van der Waals surface area contributed by atoms with E-state index in [1.807, 2.05) is 6.08 Å². The lowest BCUT2D eigenvalue weighted by molar-refractivity contribution is -0.137. The van der Waals surface area contributed by atoms with Crippen molar-refractivity contribution in [1.29, 1.82) is 0 Å². The van der Waals surface area contributed by atoms with Crippen LogP contribution < -0.4 is 5.32 Å². The van der Waals surface area contributed by atoms with Gasteiger partial charge in [-0.2, -0.15) is 13.2 Å². The van der Waals surface area contributed by atoms with Crippen LogP contribution in [0.1, 0.15) is 17.5 Å². The van der Waals surface area contributed by atoms with Crippen LogP contribution in [0.4, 0.5) is 13.2 Å². The SMILES string of the molecule is O=C(O)/C=C/C=C(/C1=CCNCC1)c1ccc(C(F)(F)F)cc1. The maximum absolute atomic E-state index is 12.7. The second-order valence-electron chi connectivity index (χ2n) is 5.04. The van der Waals surface area contributed by atoms with Gasteiger partial charge in [-0.15, -0.1) is 0 Å². The van der Waals surface area contributed by atoms with Gasteiger partial charge >= 0.3 is 12.1 Å². The van der Waals surface area contributed by atoms with Gasteiger partial charge in [0, 0.05) is 12.6 Å². The van der Waals surface area contributed by atoms with Crippen LogP contribution in [0.3, 0.4) is 0 Å². The lowest BCUT2D eigenvalue weighted by Crippen LogP contribution is -2.20. The third-order valence-corrected chi connectivity index (χ3v) is 3.43. The van der Waals surface area contributed by atoms with Gasteiger partial charge in [-0.05, 0) is 41.8 Å². The molecule has 6 heteroatoms. The van der Waals surface area contributed by atoms with Crippen molar-refractivity contribution < 1.29 is 23.1 Å². The number of carbonyl (C=O) groups is 1. The molecule has 0 amide bonds. The highest BCUT2D eigenvalue weighted by Gasteiger charge is 2.30. The molecule has 1 aliphatic heterocycles. The molecule has 0 atom stereocenters. The van der Waals surface area contributed by atoms with Gasteiger partial charge < -0.3 is 10.4 Å². The monoisotopic (exact) mass is 323 g/mol. The van der Waals surface area contributed by atoms with Gasteiger partial charge in [-0.25, -0.2) is 4.79 Å². The predicted octanol–water partition coefficient (Wildman–Crippen LogP) is 3.65. The molecule has 3 nitrogen and oxygen atoms in total. The summed E-state index contributed by atoms with van der Waals surface area (Å²) in [6.07, 6.45) is 2.31. The number of carboxylic acids is 1. The minimum absolute atomic E-state index is 0.626. The number of carboxylic acid groups (broad SMARTS) is 1. The van der Waals surface area contributed by atoms with Crippen LogP contribution in [0.25, 0.3) is 5.57 Å². The number of alkyl halides is 3. The molecule has 1 heterocycles. The number of benzene rings is 1. The number of nitrogens with one attached hydrogen (secondary N) is 1.